The summed E-state index contributed by atoms with van der Waals surface area (Å²) < 4.78 is 30.4. The van der Waals surface area contributed by atoms with Crippen LogP contribution in [0.25, 0.3) is 0 Å². The van der Waals surface area contributed by atoms with E-state index >= 15 is 0 Å². The molecular formula is C21H30O4S. The fourth-order valence-electron chi connectivity index (χ4n) is 5.40. The molecule has 5 heteroatoms. The van der Waals surface area contributed by atoms with Crippen LogP contribution in [0.1, 0.15) is 64.4 Å². The average molecular weight is 379 g/mol. The Hall–Kier alpha value is -1.20. The zero-order valence-corrected chi connectivity index (χ0v) is 16.9. The minimum Gasteiger partial charge on any atom is -0.300 e. The van der Waals surface area contributed by atoms with Crippen molar-refractivity contribution in [1.82, 2.24) is 0 Å². The number of rotatable bonds is 5. The Labute approximate surface area is 157 Å². The fraction of sp³-hybridized carbons (Fsp3) is 0.667. The number of carbonyl (C=O) groups excluding carboxylic acids is 1. The van der Waals surface area contributed by atoms with Crippen molar-refractivity contribution < 1.29 is 17.4 Å². The third kappa shape index (κ3) is 3.48. The van der Waals surface area contributed by atoms with E-state index in [1.54, 1.807) is 24.3 Å². The number of hydrogen-bond acceptors (Lipinski definition) is 4. The third-order valence-corrected chi connectivity index (χ3v) is 8.37. The largest absolute Gasteiger partial charge is 0.300 e. The van der Waals surface area contributed by atoms with Crippen LogP contribution in [-0.2, 0) is 19.1 Å². The second kappa shape index (κ2) is 7.08. The third-order valence-electron chi connectivity index (χ3n) is 7.04. The molecule has 26 heavy (non-hydrogen) atoms. The van der Waals surface area contributed by atoms with Crippen molar-refractivity contribution in [3.8, 4) is 0 Å². The number of ketones is 1. The highest BCUT2D eigenvalue weighted by molar-refractivity contribution is 7.86. The minimum absolute atomic E-state index is 0.00194. The Balaban J connectivity index is 1.74. The van der Waals surface area contributed by atoms with Crippen LogP contribution < -0.4 is 0 Å². The van der Waals surface area contributed by atoms with Crippen LogP contribution in [0.2, 0.25) is 0 Å². The lowest BCUT2D eigenvalue weighted by atomic mass is 9.46. The van der Waals surface area contributed by atoms with Crippen molar-refractivity contribution >= 4 is 15.9 Å². The van der Waals surface area contributed by atoms with Gasteiger partial charge in [0.05, 0.1) is 11.5 Å². The molecule has 1 aromatic rings. The van der Waals surface area contributed by atoms with Gasteiger partial charge in [0.2, 0.25) is 0 Å². The topological polar surface area (TPSA) is 60.4 Å². The van der Waals surface area contributed by atoms with Crippen molar-refractivity contribution in [1.29, 1.82) is 0 Å². The lowest BCUT2D eigenvalue weighted by Crippen LogP contribution is -2.52. The number of hydrogen-bond donors (Lipinski definition) is 0. The first-order valence-corrected chi connectivity index (χ1v) is 11.1. The summed E-state index contributed by atoms with van der Waals surface area (Å²) in [6.45, 7) is 6.60. The maximum absolute atomic E-state index is 12.5. The van der Waals surface area contributed by atoms with E-state index in [0.717, 1.165) is 31.2 Å². The minimum atomic E-state index is -3.73. The lowest BCUT2D eigenvalue weighted by molar-refractivity contribution is -0.142. The monoisotopic (exact) mass is 378 g/mol. The number of Topliss-reactive ketones (excluding diaryl/α,β-unsaturated/α-hetero) is 1. The standard InChI is InChI=1S/C21H30O4S/c1-16-6-8-19(9-7-16)26(23,24)25-14-13-21-12-10-18(22)15-20(21,3)11-4-5-17(21)2/h6-9,17H,4-5,10-15H2,1-3H3/t17-,20-,21-/m0/s1. The molecule has 0 N–H and O–H groups in total. The molecule has 0 saturated heterocycles. The predicted molar refractivity (Wildman–Crippen MR) is 101 cm³/mol. The van der Waals surface area contributed by atoms with E-state index in [1.165, 1.54) is 0 Å². The highest BCUT2D eigenvalue weighted by atomic mass is 32.2. The number of aryl methyl sites for hydroxylation is 1. The van der Waals surface area contributed by atoms with E-state index in [1.807, 2.05) is 6.92 Å². The van der Waals surface area contributed by atoms with Crippen LogP contribution in [0.5, 0.6) is 0 Å². The summed E-state index contributed by atoms with van der Waals surface area (Å²) in [5.41, 5.74) is 0.986. The second-order valence-corrected chi connectivity index (χ2v) is 10.2. The van der Waals surface area contributed by atoms with Crippen molar-refractivity contribution in [2.24, 2.45) is 16.7 Å². The summed E-state index contributed by atoms with van der Waals surface area (Å²) in [6.07, 6.45) is 6.14. The van der Waals surface area contributed by atoms with Crippen molar-refractivity contribution in [2.75, 3.05) is 6.61 Å². The molecule has 0 heterocycles. The summed E-state index contributed by atoms with van der Waals surface area (Å²) in [7, 11) is -3.73. The number of carbonyl (C=O) groups is 1. The molecule has 0 amide bonds. The van der Waals surface area contributed by atoms with Crippen LogP contribution in [-0.4, -0.2) is 20.8 Å². The van der Waals surface area contributed by atoms with Gasteiger partial charge in [-0.05, 0) is 55.1 Å². The van der Waals surface area contributed by atoms with E-state index < -0.39 is 10.1 Å². The molecule has 2 saturated carbocycles. The van der Waals surface area contributed by atoms with Gasteiger partial charge in [-0.15, -0.1) is 0 Å². The van der Waals surface area contributed by atoms with Crippen molar-refractivity contribution in [3.63, 3.8) is 0 Å². The fourth-order valence-corrected chi connectivity index (χ4v) is 6.31. The van der Waals surface area contributed by atoms with Crippen molar-refractivity contribution in [2.45, 2.75) is 70.6 Å². The number of fused-ring (bicyclic) bond motifs is 1. The van der Waals surface area contributed by atoms with Gasteiger partial charge in [-0.1, -0.05) is 44.4 Å². The summed E-state index contributed by atoms with van der Waals surface area (Å²) in [5.74, 6) is 0.838. The molecule has 2 aliphatic carbocycles. The zero-order chi connectivity index (χ0) is 19.0. The average Bonchev–Trinajstić information content (AvgIpc) is 2.56. The molecule has 1 aromatic carbocycles. The van der Waals surface area contributed by atoms with Gasteiger partial charge in [0, 0.05) is 12.8 Å². The van der Waals surface area contributed by atoms with Crippen LogP contribution >= 0.6 is 0 Å². The molecule has 4 nitrogen and oxygen atoms in total. The quantitative estimate of drug-likeness (QED) is 0.699. The summed E-state index contributed by atoms with van der Waals surface area (Å²) >= 11 is 0. The van der Waals surface area contributed by atoms with Crippen LogP contribution in [0.4, 0.5) is 0 Å². The Morgan fingerprint density at radius 3 is 2.58 bits per heavy atom. The van der Waals surface area contributed by atoms with E-state index in [4.69, 9.17) is 4.18 Å². The lowest BCUT2D eigenvalue weighted by Gasteiger charge is -2.58. The van der Waals surface area contributed by atoms with Gasteiger partial charge < -0.3 is 0 Å². The summed E-state index contributed by atoms with van der Waals surface area (Å²) in [4.78, 5) is 12.3. The van der Waals surface area contributed by atoms with Gasteiger partial charge in [0.25, 0.3) is 10.1 Å². The molecule has 0 spiro atoms. The first kappa shape index (κ1) is 19.6. The maximum atomic E-state index is 12.5. The Morgan fingerprint density at radius 1 is 1.19 bits per heavy atom. The molecule has 3 rings (SSSR count). The molecule has 0 aromatic heterocycles. The Kier molecular flexibility index (Phi) is 5.33. The van der Waals surface area contributed by atoms with E-state index in [0.29, 0.717) is 31.0 Å². The normalized spacial score (nSPS) is 32.3. The molecular weight excluding hydrogens is 348 g/mol. The molecule has 2 aliphatic rings. The first-order valence-electron chi connectivity index (χ1n) is 9.66. The molecule has 144 valence electrons. The maximum Gasteiger partial charge on any atom is 0.296 e. The molecule has 3 atom stereocenters. The Morgan fingerprint density at radius 2 is 1.88 bits per heavy atom. The van der Waals surface area contributed by atoms with Gasteiger partial charge >= 0.3 is 0 Å². The van der Waals surface area contributed by atoms with Gasteiger partial charge in [-0.25, -0.2) is 0 Å². The SMILES string of the molecule is Cc1ccc(S(=O)(=O)OCC[C@]23CCC(=O)C[C@]2(C)CCC[C@@H]3C)cc1. The van der Waals surface area contributed by atoms with Crippen LogP contribution in [0.3, 0.4) is 0 Å². The Bertz CT molecular complexity index is 768. The molecule has 0 aliphatic heterocycles. The summed E-state index contributed by atoms with van der Waals surface area (Å²) in [6, 6.07) is 6.75. The van der Waals surface area contributed by atoms with Crippen LogP contribution in [0, 0.1) is 23.7 Å². The van der Waals surface area contributed by atoms with E-state index in [9.17, 15) is 13.2 Å². The summed E-state index contributed by atoms with van der Waals surface area (Å²) in [5, 5.41) is 0. The van der Waals surface area contributed by atoms with Gasteiger partial charge in [0.1, 0.15) is 5.78 Å². The smallest absolute Gasteiger partial charge is 0.296 e. The van der Waals surface area contributed by atoms with Gasteiger partial charge in [-0.2, -0.15) is 8.42 Å². The van der Waals surface area contributed by atoms with E-state index in [-0.39, 0.29) is 22.3 Å². The van der Waals surface area contributed by atoms with Crippen LogP contribution in [0.15, 0.2) is 29.2 Å². The molecule has 0 bridgehead atoms. The second-order valence-electron chi connectivity index (χ2n) is 8.56. The van der Waals surface area contributed by atoms with E-state index in [2.05, 4.69) is 13.8 Å². The molecule has 2 fully saturated rings. The predicted octanol–water partition coefficient (Wildman–Crippen LogP) is 4.66. The zero-order valence-electron chi connectivity index (χ0n) is 16.1. The molecule has 0 unspecified atom stereocenters. The number of benzene rings is 1. The van der Waals surface area contributed by atoms with Gasteiger partial charge in [-0.3, -0.25) is 8.98 Å². The van der Waals surface area contributed by atoms with Crippen molar-refractivity contribution in [3.05, 3.63) is 29.8 Å². The highest BCUT2D eigenvalue weighted by Crippen LogP contribution is 2.62. The highest BCUT2D eigenvalue weighted by Gasteiger charge is 2.55. The van der Waals surface area contributed by atoms with Gasteiger partial charge in [0.15, 0.2) is 0 Å². The first-order chi connectivity index (χ1) is 12.2. The molecule has 0 radical (unpaired) electrons.